The highest BCUT2D eigenvalue weighted by Crippen LogP contribution is 2.42. The molecule has 1 heterocycles. The third-order valence-electron chi connectivity index (χ3n) is 4.08. The van der Waals surface area contributed by atoms with E-state index in [9.17, 15) is 9.59 Å². The van der Waals surface area contributed by atoms with Crippen LogP contribution in [0.25, 0.3) is 0 Å². The molecule has 1 aliphatic heterocycles. The van der Waals surface area contributed by atoms with Crippen LogP contribution in [0.5, 0.6) is 11.5 Å². The summed E-state index contributed by atoms with van der Waals surface area (Å²) in [6.07, 6.45) is 0.654. The molecule has 0 spiro atoms. The topological polar surface area (TPSA) is 80.2 Å². The molecule has 0 radical (unpaired) electrons. The van der Waals surface area contributed by atoms with Gasteiger partial charge in [0.1, 0.15) is 16.9 Å². The Morgan fingerprint density at radius 2 is 1.70 bits per heavy atom. The van der Waals surface area contributed by atoms with Crippen molar-refractivity contribution in [3.63, 3.8) is 0 Å². The fourth-order valence-electron chi connectivity index (χ4n) is 2.77. The molecule has 9 heteroatoms. The first-order valence-electron chi connectivity index (χ1n) is 9.37. The summed E-state index contributed by atoms with van der Waals surface area (Å²) in [4.78, 5) is 23.4. The van der Waals surface area contributed by atoms with Crippen LogP contribution in [0.2, 0.25) is 5.02 Å². The predicted octanol–water partition coefficient (Wildman–Crippen LogP) is 4.19. The van der Waals surface area contributed by atoms with E-state index >= 15 is 0 Å². The lowest BCUT2D eigenvalue weighted by Gasteiger charge is -2.21. The van der Waals surface area contributed by atoms with Gasteiger partial charge in [-0.3, -0.25) is 9.59 Å². The van der Waals surface area contributed by atoms with E-state index in [1.54, 1.807) is 6.07 Å². The minimum Gasteiger partial charge on any atom is -0.493 e. The van der Waals surface area contributed by atoms with Crippen molar-refractivity contribution in [2.75, 3.05) is 13.2 Å². The Morgan fingerprint density at radius 3 is 2.37 bits per heavy atom. The molecule has 0 aromatic heterocycles. The minimum atomic E-state index is -0.417. The number of nitrogens with zero attached hydrogens (tertiary/aromatic N) is 2. The number of halogens is 1. The Morgan fingerprint density at radius 1 is 1.07 bits per heavy atom. The molecule has 1 N–H and O–H groups in total. The van der Waals surface area contributed by atoms with Crippen LogP contribution in [-0.2, 0) is 9.59 Å². The molecular weight excluding hydrogens is 426 g/mol. The summed E-state index contributed by atoms with van der Waals surface area (Å²) in [6.45, 7) is 3.72. The zero-order valence-electron chi connectivity index (χ0n) is 16.6. The van der Waals surface area contributed by atoms with E-state index in [2.05, 4.69) is 10.4 Å². The van der Waals surface area contributed by atoms with Crippen molar-refractivity contribution in [2.24, 2.45) is 5.10 Å². The fraction of sp³-hybridized carbons (Fsp3) is 0.286. The second-order valence-corrected chi connectivity index (χ2v) is 7.91. The summed E-state index contributed by atoms with van der Waals surface area (Å²) in [5.41, 5.74) is 0.800. The van der Waals surface area contributed by atoms with Crippen LogP contribution >= 0.6 is 23.4 Å². The molecule has 1 aliphatic rings. The van der Waals surface area contributed by atoms with E-state index in [1.807, 2.05) is 42.5 Å². The Balaban J connectivity index is 1.61. The van der Waals surface area contributed by atoms with E-state index in [4.69, 9.17) is 21.1 Å². The van der Waals surface area contributed by atoms with Gasteiger partial charge in [-0.15, -0.1) is 5.10 Å². The number of carbonyl (C=O) groups excluding carboxylic acids is 2. The lowest BCUT2D eigenvalue weighted by Crippen LogP contribution is -2.25. The van der Waals surface area contributed by atoms with Crippen molar-refractivity contribution in [1.82, 2.24) is 10.3 Å². The lowest BCUT2D eigenvalue weighted by atomic mass is 10.2. The molecule has 30 heavy (non-hydrogen) atoms. The van der Waals surface area contributed by atoms with E-state index in [0.717, 1.165) is 5.56 Å². The standard InChI is InChI=1S/C21H22ClN3O4S/c1-14(26)23-21-24-25(15(2)27)20(30-21)16-8-3-5-10-18(16)28-12-7-13-29-19-11-6-4-9-17(19)22/h3-6,8-11,20H,7,12-13H2,1-2H3,(H,23,24,26). The average Bonchev–Trinajstić information content (AvgIpc) is 3.12. The third-order valence-corrected chi connectivity index (χ3v) is 5.47. The van der Waals surface area contributed by atoms with E-state index < -0.39 is 5.37 Å². The summed E-state index contributed by atoms with van der Waals surface area (Å²) in [7, 11) is 0. The van der Waals surface area contributed by atoms with Gasteiger partial charge in [0.05, 0.1) is 18.2 Å². The summed E-state index contributed by atoms with van der Waals surface area (Å²) >= 11 is 7.37. The Kier molecular flexibility index (Phi) is 7.59. The van der Waals surface area contributed by atoms with Crippen LogP contribution < -0.4 is 14.8 Å². The smallest absolute Gasteiger partial charge is 0.241 e. The maximum atomic E-state index is 12.1. The van der Waals surface area contributed by atoms with Crippen molar-refractivity contribution < 1.29 is 19.1 Å². The molecule has 2 amide bonds. The second-order valence-electron chi connectivity index (χ2n) is 6.44. The monoisotopic (exact) mass is 447 g/mol. The summed E-state index contributed by atoms with van der Waals surface area (Å²) in [5.74, 6) is 0.823. The van der Waals surface area contributed by atoms with Gasteiger partial charge in [-0.1, -0.05) is 53.7 Å². The van der Waals surface area contributed by atoms with Crippen LogP contribution in [0.15, 0.2) is 53.6 Å². The molecule has 2 aromatic rings. The van der Waals surface area contributed by atoms with Crippen molar-refractivity contribution in [3.8, 4) is 11.5 Å². The van der Waals surface area contributed by atoms with Gasteiger partial charge in [-0.25, -0.2) is 5.01 Å². The summed E-state index contributed by atoms with van der Waals surface area (Å²) < 4.78 is 11.6. The van der Waals surface area contributed by atoms with Crippen LogP contribution in [0, 0.1) is 0 Å². The number of thioether (sulfide) groups is 1. The number of carbonyl (C=O) groups is 2. The molecule has 0 saturated heterocycles. The summed E-state index contributed by atoms with van der Waals surface area (Å²) in [5, 5.41) is 8.74. The van der Waals surface area contributed by atoms with E-state index in [-0.39, 0.29) is 11.8 Å². The van der Waals surface area contributed by atoms with Gasteiger partial charge < -0.3 is 14.8 Å². The van der Waals surface area contributed by atoms with Gasteiger partial charge in [-0.05, 0) is 18.2 Å². The summed E-state index contributed by atoms with van der Waals surface area (Å²) in [6, 6.07) is 14.8. The predicted molar refractivity (Wildman–Crippen MR) is 118 cm³/mol. The van der Waals surface area contributed by atoms with Gasteiger partial charge in [0, 0.05) is 25.8 Å². The molecule has 7 nitrogen and oxygen atoms in total. The Labute approximate surface area is 184 Å². The molecule has 0 aliphatic carbocycles. The van der Waals surface area contributed by atoms with E-state index in [0.29, 0.717) is 41.3 Å². The first-order valence-corrected chi connectivity index (χ1v) is 10.6. The minimum absolute atomic E-state index is 0.226. The molecule has 1 atom stereocenters. The highest BCUT2D eigenvalue weighted by Gasteiger charge is 2.34. The number of amides is 2. The molecular formula is C21H22ClN3O4S. The maximum absolute atomic E-state index is 12.1. The number of amidine groups is 1. The van der Waals surface area contributed by atoms with Gasteiger partial charge in [0.25, 0.3) is 0 Å². The number of para-hydroxylation sites is 2. The maximum Gasteiger partial charge on any atom is 0.241 e. The molecule has 2 aromatic carbocycles. The van der Waals surface area contributed by atoms with Crippen molar-refractivity contribution in [2.45, 2.75) is 25.6 Å². The quantitative estimate of drug-likeness (QED) is 0.644. The van der Waals surface area contributed by atoms with Crippen molar-refractivity contribution >= 4 is 40.3 Å². The number of hydrogen-bond acceptors (Lipinski definition) is 6. The number of hydrogen-bond donors (Lipinski definition) is 1. The first-order chi connectivity index (χ1) is 14.5. The fourth-order valence-corrected chi connectivity index (χ4v) is 4.12. The average molecular weight is 448 g/mol. The van der Waals surface area contributed by atoms with Gasteiger partial charge in [0.15, 0.2) is 5.17 Å². The van der Waals surface area contributed by atoms with Crippen LogP contribution in [0.4, 0.5) is 0 Å². The Hall–Kier alpha value is -2.71. The zero-order chi connectivity index (χ0) is 21.5. The molecule has 0 fully saturated rings. The molecule has 0 bridgehead atoms. The highest BCUT2D eigenvalue weighted by molar-refractivity contribution is 8.14. The number of rotatable bonds is 7. The molecule has 3 rings (SSSR count). The second kappa shape index (κ2) is 10.4. The van der Waals surface area contributed by atoms with E-state index in [1.165, 1.54) is 30.6 Å². The van der Waals surface area contributed by atoms with Gasteiger partial charge in [0.2, 0.25) is 11.8 Å². The SMILES string of the molecule is CC(=O)NC1=NN(C(C)=O)C(c2ccccc2OCCCOc2ccccc2Cl)S1. The Bertz CT molecular complexity index is 953. The third kappa shape index (κ3) is 5.67. The molecule has 1 unspecified atom stereocenters. The molecule has 158 valence electrons. The van der Waals surface area contributed by atoms with Crippen LogP contribution in [0.1, 0.15) is 31.2 Å². The number of hydrazone groups is 1. The van der Waals surface area contributed by atoms with Gasteiger partial charge in [-0.2, -0.15) is 0 Å². The van der Waals surface area contributed by atoms with Crippen LogP contribution in [-0.4, -0.2) is 35.2 Å². The highest BCUT2D eigenvalue weighted by atomic mass is 35.5. The molecule has 0 saturated carbocycles. The van der Waals surface area contributed by atoms with Crippen molar-refractivity contribution in [3.05, 3.63) is 59.1 Å². The van der Waals surface area contributed by atoms with Gasteiger partial charge >= 0.3 is 0 Å². The first kappa shape index (κ1) is 22.0. The van der Waals surface area contributed by atoms with Crippen molar-refractivity contribution in [1.29, 1.82) is 0 Å². The normalized spacial score (nSPS) is 15.5. The largest absolute Gasteiger partial charge is 0.493 e. The zero-order valence-corrected chi connectivity index (χ0v) is 18.2. The number of ether oxygens (including phenoxy) is 2. The number of nitrogens with one attached hydrogen (secondary N) is 1. The lowest BCUT2D eigenvalue weighted by molar-refractivity contribution is -0.129. The number of benzene rings is 2. The van der Waals surface area contributed by atoms with Crippen LogP contribution in [0.3, 0.4) is 0 Å².